The van der Waals surface area contributed by atoms with E-state index in [9.17, 15) is 19.6 Å². The van der Waals surface area contributed by atoms with Crippen LogP contribution in [0.25, 0.3) is 10.8 Å². The average Bonchev–Trinajstić information content (AvgIpc) is 3.15. The van der Waals surface area contributed by atoms with Crippen LogP contribution in [0.1, 0.15) is 81.0 Å². The molecular weight excluding hydrogens is 722 g/mol. The number of halogens is 3. The van der Waals surface area contributed by atoms with Gasteiger partial charge in [-0.25, -0.2) is 4.39 Å². The number of primary amides is 1. The fraction of sp³-hybridized carbons (Fsp3) is 0.350. The van der Waals surface area contributed by atoms with E-state index >= 15 is 4.39 Å². The van der Waals surface area contributed by atoms with Crippen LogP contribution in [0, 0.1) is 17.1 Å². The summed E-state index contributed by atoms with van der Waals surface area (Å²) in [5.74, 6) is -2.16. The van der Waals surface area contributed by atoms with Gasteiger partial charge in [-0.3, -0.25) is 14.4 Å². The molecule has 1 atom stereocenters. The van der Waals surface area contributed by atoms with Crippen LogP contribution < -0.4 is 5.73 Å². The second-order valence-corrected chi connectivity index (χ2v) is 14.6. The highest BCUT2D eigenvalue weighted by molar-refractivity contribution is 7.98. The minimum absolute atomic E-state index is 0.0592. The number of benzene rings is 4. The number of rotatable bonds is 13. The van der Waals surface area contributed by atoms with Gasteiger partial charge < -0.3 is 20.3 Å². The molecule has 5 rings (SSSR count). The number of ether oxygens (including phenoxy) is 1. The van der Waals surface area contributed by atoms with Gasteiger partial charge in [0.1, 0.15) is 12.4 Å². The molecule has 1 fully saturated rings. The fourth-order valence-electron chi connectivity index (χ4n) is 7.15. The van der Waals surface area contributed by atoms with Crippen molar-refractivity contribution in [2.45, 2.75) is 49.3 Å². The summed E-state index contributed by atoms with van der Waals surface area (Å²) in [5, 5.41) is 12.2. The Kier molecular flexibility index (Phi) is 13.2. The maximum Gasteiger partial charge on any atom is 0.325 e. The number of piperidine rings is 1. The smallest absolute Gasteiger partial charge is 0.325 e. The predicted molar refractivity (Wildman–Crippen MR) is 205 cm³/mol. The monoisotopic (exact) mass is 762 g/mol. The minimum atomic E-state index is -0.576. The van der Waals surface area contributed by atoms with Crippen molar-refractivity contribution in [1.29, 1.82) is 5.26 Å². The number of esters is 1. The van der Waals surface area contributed by atoms with Crippen LogP contribution in [-0.2, 0) is 16.0 Å². The molecule has 2 N–H and O–H groups in total. The van der Waals surface area contributed by atoms with Gasteiger partial charge in [-0.05, 0) is 115 Å². The number of nitriles is 1. The van der Waals surface area contributed by atoms with E-state index in [1.807, 2.05) is 37.3 Å². The number of nitrogens with zero attached hydrogens (tertiary/aromatic N) is 3. The molecule has 8 nitrogen and oxygen atoms in total. The fourth-order valence-corrected chi connectivity index (χ4v) is 8.05. The van der Waals surface area contributed by atoms with Gasteiger partial charge >= 0.3 is 5.97 Å². The van der Waals surface area contributed by atoms with Crippen LogP contribution in [0.15, 0.2) is 65.6 Å². The van der Waals surface area contributed by atoms with Crippen molar-refractivity contribution in [1.82, 2.24) is 9.80 Å². The average molecular weight is 764 g/mol. The summed E-state index contributed by atoms with van der Waals surface area (Å²) in [6, 6.07) is 19.9. The summed E-state index contributed by atoms with van der Waals surface area (Å²) in [4.78, 5) is 43.9. The highest BCUT2D eigenvalue weighted by Gasteiger charge is 2.30. The second-order valence-electron chi connectivity index (χ2n) is 12.9. The van der Waals surface area contributed by atoms with E-state index < -0.39 is 11.9 Å². The zero-order valence-corrected chi connectivity index (χ0v) is 31.7. The van der Waals surface area contributed by atoms with Gasteiger partial charge in [-0.1, -0.05) is 60.5 Å². The molecule has 0 aromatic heterocycles. The zero-order chi connectivity index (χ0) is 37.5. The number of amides is 2. The van der Waals surface area contributed by atoms with E-state index in [2.05, 4.69) is 11.0 Å². The van der Waals surface area contributed by atoms with Crippen LogP contribution in [0.2, 0.25) is 10.0 Å². The normalized spacial score (nSPS) is 14.2. The lowest BCUT2D eigenvalue weighted by atomic mass is 9.87. The van der Waals surface area contributed by atoms with E-state index in [1.54, 1.807) is 30.5 Å². The molecule has 12 heteroatoms. The third kappa shape index (κ3) is 8.72. The van der Waals surface area contributed by atoms with Crippen LogP contribution in [0.3, 0.4) is 0 Å². The van der Waals surface area contributed by atoms with Crippen LogP contribution >= 0.6 is 35.0 Å². The van der Waals surface area contributed by atoms with Crippen molar-refractivity contribution in [3.05, 3.63) is 110 Å². The molecule has 0 saturated carbocycles. The van der Waals surface area contributed by atoms with Gasteiger partial charge in [0.2, 0.25) is 5.91 Å². The van der Waals surface area contributed by atoms with E-state index in [4.69, 9.17) is 33.7 Å². The summed E-state index contributed by atoms with van der Waals surface area (Å²) in [5.41, 5.74) is 8.74. The molecule has 52 heavy (non-hydrogen) atoms. The molecule has 1 heterocycles. The first kappa shape index (κ1) is 39.1. The lowest BCUT2D eigenvalue weighted by Crippen LogP contribution is -2.41. The molecule has 2 amide bonds. The third-order valence-corrected chi connectivity index (χ3v) is 11.5. The van der Waals surface area contributed by atoms with Crippen LogP contribution in [-0.4, -0.2) is 73.7 Å². The lowest BCUT2D eigenvalue weighted by molar-refractivity contribution is -0.141. The van der Waals surface area contributed by atoms with Crippen molar-refractivity contribution >= 4 is 63.5 Å². The Balaban J connectivity index is 1.42. The molecule has 0 spiro atoms. The molecule has 4 aromatic rings. The summed E-state index contributed by atoms with van der Waals surface area (Å²) in [6.45, 7) is 3.84. The predicted octanol–water partition coefficient (Wildman–Crippen LogP) is 8.21. The van der Waals surface area contributed by atoms with Gasteiger partial charge in [0.15, 0.2) is 0 Å². The van der Waals surface area contributed by atoms with Crippen molar-refractivity contribution in [3.63, 3.8) is 0 Å². The summed E-state index contributed by atoms with van der Waals surface area (Å²) >= 11 is 14.1. The van der Waals surface area contributed by atoms with Crippen LogP contribution in [0.4, 0.5) is 4.39 Å². The largest absolute Gasteiger partial charge is 0.468 e. The third-order valence-electron chi connectivity index (χ3n) is 9.94. The molecule has 0 unspecified atom stereocenters. The maximum absolute atomic E-state index is 15.2. The second kappa shape index (κ2) is 17.6. The topological polar surface area (TPSA) is 117 Å². The number of thioether (sulfide) groups is 1. The molecule has 0 bridgehead atoms. The van der Waals surface area contributed by atoms with Crippen molar-refractivity contribution in [2.24, 2.45) is 5.73 Å². The molecule has 1 aliphatic heterocycles. The number of likely N-dealkylation sites (tertiary alicyclic amines) is 1. The lowest BCUT2D eigenvalue weighted by Gasteiger charge is -2.34. The van der Waals surface area contributed by atoms with E-state index in [0.717, 1.165) is 10.9 Å². The first-order chi connectivity index (χ1) is 25.0. The molecule has 1 saturated heterocycles. The van der Waals surface area contributed by atoms with Gasteiger partial charge in [0, 0.05) is 17.4 Å². The van der Waals surface area contributed by atoms with Gasteiger partial charge in [0.25, 0.3) is 5.91 Å². The number of carbonyl (C=O) groups excluding carboxylic acids is 3. The Labute approximate surface area is 318 Å². The number of methoxy groups -OCH3 is 1. The maximum atomic E-state index is 15.2. The van der Waals surface area contributed by atoms with Gasteiger partial charge in [0.05, 0.1) is 39.9 Å². The quantitative estimate of drug-likeness (QED) is 0.108. The number of hydrogen-bond donors (Lipinski definition) is 1. The number of nitrogens with two attached hydrogens (primary N) is 1. The van der Waals surface area contributed by atoms with Gasteiger partial charge in [-0.2, -0.15) is 5.26 Å². The highest BCUT2D eigenvalue weighted by Crippen LogP contribution is 2.35. The Morgan fingerprint density at radius 3 is 2.46 bits per heavy atom. The Morgan fingerprint density at radius 2 is 1.83 bits per heavy atom. The number of carbonyl (C=O) groups is 3. The molecule has 1 aliphatic rings. The van der Waals surface area contributed by atoms with Crippen molar-refractivity contribution in [2.75, 3.05) is 46.1 Å². The highest BCUT2D eigenvalue weighted by atomic mass is 35.5. The molecule has 0 radical (unpaired) electrons. The Morgan fingerprint density at radius 1 is 1.10 bits per heavy atom. The summed E-state index contributed by atoms with van der Waals surface area (Å²) in [7, 11) is 1.28. The summed E-state index contributed by atoms with van der Waals surface area (Å²) < 4.78 is 20.2. The Bertz CT molecular complexity index is 2030. The van der Waals surface area contributed by atoms with Crippen molar-refractivity contribution < 1.29 is 23.5 Å². The minimum Gasteiger partial charge on any atom is -0.468 e. The number of hydrogen-bond acceptors (Lipinski definition) is 7. The Hall–Kier alpha value is -4.14. The van der Waals surface area contributed by atoms with E-state index in [0.29, 0.717) is 93.5 Å². The number of fused-ring (bicyclic) bond motifs is 1. The van der Waals surface area contributed by atoms with E-state index in [1.165, 1.54) is 29.8 Å². The molecule has 0 aliphatic carbocycles. The van der Waals surface area contributed by atoms with Crippen LogP contribution in [0.5, 0.6) is 0 Å². The molecule has 4 aromatic carbocycles. The molecule has 272 valence electrons. The standard InChI is InChI=1S/C40H41Cl2FN4O4S/c1-4-29-28(21-44)17-26-7-5-6-8-30(26)38(29)40(50)47(23-37(48)51-2)22-27(25-9-10-33(41)34(42)18-25)13-16-46-14-11-24(12-15-46)31-19-32(39(45)49)36(52-3)20-35(31)43/h5-10,17-20,24,27H,4,11-16,22-23H2,1-3H3,(H2,45,49)/t27-/m1/s1. The molecular formula is C40H41Cl2FN4O4S. The van der Waals surface area contributed by atoms with Gasteiger partial charge in [-0.15, -0.1) is 11.8 Å². The zero-order valence-electron chi connectivity index (χ0n) is 29.4. The van der Waals surface area contributed by atoms with E-state index in [-0.39, 0.29) is 36.6 Å². The first-order valence-electron chi connectivity index (χ1n) is 17.1. The van der Waals surface area contributed by atoms with Crippen molar-refractivity contribution in [3.8, 4) is 6.07 Å². The summed E-state index contributed by atoms with van der Waals surface area (Å²) in [6.07, 6.45) is 4.23. The first-order valence-corrected chi connectivity index (χ1v) is 19.1. The SMILES string of the molecule is CCc1c(C#N)cc2ccccc2c1C(=O)N(CC(=O)OC)C[C@@H](CCN1CCC(c2cc(C(N)=O)c(SC)cc2F)CC1)c1ccc(Cl)c(Cl)c1.